The van der Waals surface area contributed by atoms with E-state index < -0.39 is 0 Å². The van der Waals surface area contributed by atoms with Crippen molar-refractivity contribution in [2.24, 2.45) is 0 Å². The minimum Gasteiger partial charge on any atom is -0.390 e. The number of H-pyrrole nitrogens is 1. The molecule has 0 aromatic carbocycles. The third kappa shape index (κ3) is 1.82. The van der Waals surface area contributed by atoms with Crippen molar-refractivity contribution in [2.75, 3.05) is 0 Å². The van der Waals surface area contributed by atoms with E-state index in [-0.39, 0.29) is 6.61 Å². The second-order valence-corrected chi connectivity index (χ2v) is 4.37. The molecule has 0 aliphatic rings. The van der Waals surface area contributed by atoms with Crippen LogP contribution in [0.3, 0.4) is 0 Å². The van der Waals surface area contributed by atoms with Gasteiger partial charge in [0.2, 0.25) is 0 Å². The third-order valence-electron chi connectivity index (χ3n) is 1.60. The van der Waals surface area contributed by atoms with E-state index in [9.17, 15) is 0 Å². The molecule has 2 aromatic heterocycles. The van der Waals surface area contributed by atoms with E-state index in [2.05, 4.69) is 25.9 Å². The molecule has 0 amide bonds. The molecule has 0 bridgehead atoms. The lowest BCUT2D eigenvalue weighted by atomic mass is 10.4. The van der Waals surface area contributed by atoms with Gasteiger partial charge in [-0.3, -0.25) is 0 Å². The van der Waals surface area contributed by atoms with Crippen LogP contribution < -0.4 is 0 Å². The fourth-order valence-corrected chi connectivity index (χ4v) is 2.38. The maximum atomic E-state index is 8.83. The molecule has 13 heavy (non-hydrogen) atoms. The average molecular weight is 259 g/mol. The largest absolute Gasteiger partial charge is 0.390 e. The molecule has 0 aliphatic carbocycles. The molecule has 0 saturated heterocycles. The first-order valence-electron chi connectivity index (χ1n) is 3.69. The highest BCUT2D eigenvalue weighted by molar-refractivity contribution is 9.10. The van der Waals surface area contributed by atoms with Gasteiger partial charge in [0.25, 0.3) is 0 Å². The van der Waals surface area contributed by atoms with E-state index in [0.29, 0.717) is 0 Å². The zero-order valence-corrected chi connectivity index (χ0v) is 9.02. The number of aliphatic hydroxyl groups excluding tert-OH is 1. The Morgan fingerprint density at radius 1 is 1.62 bits per heavy atom. The van der Waals surface area contributed by atoms with E-state index in [0.717, 1.165) is 20.9 Å². The topological polar surface area (TPSA) is 48.9 Å². The van der Waals surface area contributed by atoms with Gasteiger partial charge < -0.3 is 10.1 Å². The van der Waals surface area contributed by atoms with Gasteiger partial charge in [0.15, 0.2) is 0 Å². The van der Waals surface area contributed by atoms with Crippen molar-refractivity contribution < 1.29 is 5.11 Å². The maximum Gasteiger partial charge on any atom is 0.147 e. The van der Waals surface area contributed by atoms with Gasteiger partial charge in [0, 0.05) is 9.85 Å². The Balaban J connectivity index is 2.35. The van der Waals surface area contributed by atoms with Crippen LogP contribution in [-0.2, 0) is 6.61 Å². The van der Waals surface area contributed by atoms with Crippen molar-refractivity contribution in [1.82, 2.24) is 9.97 Å². The number of hydrogen-bond donors (Lipinski definition) is 2. The van der Waals surface area contributed by atoms with Crippen molar-refractivity contribution in [1.29, 1.82) is 0 Å². The van der Waals surface area contributed by atoms with E-state index in [1.165, 1.54) is 0 Å². The first kappa shape index (κ1) is 8.93. The van der Waals surface area contributed by atoms with Crippen molar-refractivity contribution >= 4 is 27.3 Å². The lowest BCUT2D eigenvalue weighted by Gasteiger charge is -1.88. The minimum absolute atomic E-state index is 0.000452. The Bertz CT molecular complexity index is 410. The summed E-state index contributed by atoms with van der Waals surface area (Å²) >= 11 is 4.98. The molecule has 0 aliphatic heterocycles. The highest BCUT2D eigenvalue weighted by Gasteiger charge is 2.04. The second kappa shape index (κ2) is 3.61. The van der Waals surface area contributed by atoms with Crippen LogP contribution in [0.15, 0.2) is 22.1 Å². The number of halogens is 1. The van der Waals surface area contributed by atoms with Gasteiger partial charge in [-0.2, -0.15) is 0 Å². The molecule has 68 valence electrons. The van der Waals surface area contributed by atoms with Crippen molar-refractivity contribution in [3.8, 4) is 10.7 Å². The molecule has 2 heterocycles. The van der Waals surface area contributed by atoms with Gasteiger partial charge in [-0.05, 0) is 22.0 Å². The fraction of sp³-hybridized carbons (Fsp3) is 0.125. The van der Waals surface area contributed by atoms with Gasteiger partial charge in [-0.25, -0.2) is 4.98 Å². The van der Waals surface area contributed by atoms with Crippen LogP contribution in [0.2, 0.25) is 0 Å². The number of thiophene rings is 1. The zero-order chi connectivity index (χ0) is 9.26. The fourth-order valence-electron chi connectivity index (χ4n) is 1.00. The second-order valence-electron chi connectivity index (χ2n) is 2.54. The number of imidazole rings is 1. The van der Waals surface area contributed by atoms with Crippen LogP contribution in [0, 0.1) is 0 Å². The number of aliphatic hydroxyl groups is 1. The number of rotatable bonds is 2. The number of hydrogen-bond acceptors (Lipinski definition) is 3. The van der Waals surface area contributed by atoms with Crippen LogP contribution in [0.1, 0.15) is 5.69 Å². The minimum atomic E-state index is -0.000452. The SMILES string of the molecule is OCc1cnc(-c2cc(Br)cs2)[nH]1. The summed E-state index contributed by atoms with van der Waals surface area (Å²) in [7, 11) is 0. The first-order valence-corrected chi connectivity index (χ1v) is 5.36. The summed E-state index contributed by atoms with van der Waals surface area (Å²) in [6.45, 7) is -0.000452. The van der Waals surface area contributed by atoms with Gasteiger partial charge in [-0.15, -0.1) is 11.3 Å². The lowest BCUT2D eigenvalue weighted by molar-refractivity contribution is 0.277. The molecule has 0 unspecified atom stereocenters. The molecule has 2 aromatic rings. The van der Waals surface area contributed by atoms with Crippen molar-refractivity contribution in [2.45, 2.75) is 6.61 Å². The summed E-state index contributed by atoms with van der Waals surface area (Å²) in [5.41, 5.74) is 0.736. The molecular formula is C8H7BrN2OS. The molecule has 5 heteroatoms. The van der Waals surface area contributed by atoms with E-state index >= 15 is 0 Å². The third-order valence-corrected chi connectivity index (χ3v) is 3.30. The van der Waals surface area contributed by atoms with Crippen LogP contribution in [0.5, 0.6) is 0 Å². The number of aromatic amines is 1. The highest BCUT2D eigenvalue weighted by atomic mass is 79.9. The normalized spacial score (nSPS) is 10.6. The Hall–Kier alpha value is -0.650. The predicted molar refractivity (Wildman–Crippen MR) is 55.5 cm³/mol. The summed E-state index contributed by atoms with van der Waals surface area (Å²) in [4.78, 5) is 8.23. The van der Waals surface area contributed by atoms with Gasteiger partial charge in [-0.1, -0.05) is 0 Å². The Morgan fingerprint density at radius 2 is 2.46 bits per heavy atom. The number of aromatic nitrogens is 2. The Morgan fingerprint density at radius 3 is 3.00 bits per heavy atom. The van der Waals surface area contributed by atoms with Gasteiger partial charge >= 0.3 is 0 Å². The van der Waals surface area contributed by atoms with E-state index in [1.54, 1.807) is 17.5 Å². The van der Waals surface area contributed by atoms with E-state index in [1.807, 2.05) is 11.4 Å². The maximum absolute atomic E-state index is 8.83. The molecule has 0 fully saturated rings. The van der Waals surface area contributed by atoms with Crippen molar-refractivity contribution in [3.63, 3.8) is 0 Å². The predicted octanol–water partition coefficient (Wildman–Crippen LogP) is 2.39. The summed E-state index contributed by atoms with van der Waals surface area (Å²) in [6, 6.07) is 1.99. The quantitative estimate of drug-likeness (QED) is 0.869. The molecular weight excluding hydrogens is 252 g/mol. The molecule has 0 spiro atoms. The molecule has 0 atom stereocenters. The summed E-state index contributed by atoms with van der Waals surface area (Å²) in [5.74, 6) is 0.805. The highest BCUT2D eigenvalue weighted by Crippen LogP contribution is 2.27. The Labute approximate surface area is 87.6 Å². The summed E-state index contributed by atoms with van der Waals surface area (Å²) in [6.07, 6.45) is 1.64. The average Bonchev–Trinajstić information content (AvgIpc) is 2.71. The summed E-state index contributed by atoms with van der Waals surface area (Å²) < 4.78 is 1.05. The monoisotopic (exact) mass is 258 g/mol. The smallest absolute Gasteiger partial charge is 0.147 e. The number of nitrogens with zero attached hydrogens (tertiary/aromatic N) is 1. The van der Waals surface area contributed by atoms with Crippen LogP contribution in [-0.4, -0.2) is 15.1 Å². The first-order chi connectivity index (χ1) is 6.29. The molecule has 2 N–H and O–H groups in total. The van der Waals surface area contributed by atoms with Gasteiger partial charge in [0.1, 0.15) is 5.82 Å². The van der Waals surface area contributed by atoms with Crippen molar-refractivity contribution in [3.05, 3.63) is 27.8 Å². The Kier molecular flexibility index (Phi) is 2.48. The van der Waals surface area contributed by atoms with E-state index in [4.69, 9.17) is 5.11 Å². The van der Waals surface area contributed by atoms with Crippen LogP contribution >= 0.6 is 27.3 Å². The van der Waals surface area contributed by atoms with Gasteiger partial charge in [0.05, 0.1) is 23.4 Å². The molecule has 0 saturated carbocycles. The zero-order valence-electron chi connectivity index (χ0n) is 6.62. The molecule has 2 rings (SSSR count). The summed E-state index contributed by atoms with van der Waals surface area (Å²) in [5, 5.41) is 10.8. The van der Waals surface area contributed by atoms with Crippen LogP contribution in [0.25, 0.3) is 10.7 Å². The van der Waals surface area contributed by atoms with Crippen LogP contribution in [0.4, 0.5) is 0 Å². The lowest BCUT2D eigenvalue weighted by Crippen LogP contribution is -1.80. The standard InChI is InChI=1S/C8H7BrN2OS/c9-5-1-7(13-4-5)8-10-2-6(3-12)11-8/h1-2,4,12H,3H2,(H,10,11). The molecule has 3 nitrogen and oxygen atoms in total. The number of nitrogens with one attached hydrogen (secondary N) is 1. The molecule has 0 radical (unpaired) electrons.